The van der Waals surface area contributed by atoms with E-state index in [1.165, 1.54) is 83.5 Å². The minimum absolute atomic E-state index is 0.0818. The summed E-state index contributed by atoms with van der Waals surface area (Å²) in [4.78, 5) is 0. The third-order valence-electron chi connectivity index (χ3n) is 5.06. The van der Waals surface area contributed by atoms with Gasteiger partial charge in [-0.15, -0.1) is 0 Å². The summed E-state index contributed by atoms with van der Waals surface area (Å²) in [6, 6.07) is 2.70. The van der Waals surface area contributed by atoms with Crippen molar-refractivity contribution < 1.29 is 0 Å². The summed E-state index contributed by atoms with van der Waals surface area (Å²) in [5.74, 6) is 0.694. The minimum atomic E-state index is 0.0818. The van der Waals surface area contributed by atoms with Gasteiger partial charge in [-0.3, -0.25) is 0 Å². The third-order valence-corrected chi connectivity index (χ3v) is 5.06. The SMILES string of the molecule is CCCCCCC(CCCCCC)C1(C#N)CCC1. The smallest absolute Gasteiger partial charge is 0.0692 e. The topological polar surface area (TPSA) is 23.8 Å². The fourth-order valence-corrected chi connectivity index (χ4v) is 3.50. The molecule has 1 heteroatoms. The predicted molar refractivity (Wildman–Crippen MR) is 82.9 cm³/mol. The highest BCUT2D eigenvalue weighted by atomic mass is 14.5. The lowest BCUT2D eigenvalue weighted by Gasteiger charge is -2.42. The van der Waals surface area contributed by atoms with E-state index in [-0.39, 0.29) is 5.41 Å². The molecule has 0 amide bonds. The van der Waals surface area contributed by atoms with E-state index < -0.39 is 0 Å². The number of hydrogen-bond donors (Lipinski definition) is 0. The molecule has 1 nitrogen and oxygen atoms in total. The number of unbranched alkanes of at least 4 members (excludes halogenated alkanes) is 6. The Morgan fingerprint density at radius 2 is 1.42 bits per heavy atom. The first kappa shape index (κ1) is 16.5. The summed E-state index contributed by atoms with van der Waals surface area (Å²) in [5, 5.41) is 9.56. The molecule has 1 fully saturated rings. The Morgan fingerprint density at radius 1 is 0.895 bits per heavy atom. The normalized spacial score (nSPS) is 17.2. The molecule has 0 aromatic rings. The molecule has 0 spiro atoms. The Morgan fingerprint density at radius 3 is 1.74 bits per heavy atom. The van der Waals surface area contributed by atoms with Crippen LogP contribution in [0.2, 0.25) is 0 Å². The van der Waals surface area contributed by atoms with Gasteiger partial charge in [0.05, 0.1) is 11.5 Å². The first-order valence-corrected chi connectivity index (χ1v) is 8.70. The second-order valence-corrected chi connectivity index (χ2v) is 6.52. The van der Waals surface area contributed by atoms with E-state index in [1.54, 1.807) is 0 Å². The van der Waals surface area contributed by atoms with Gasteiger partial charge >= 0.3 is 0 Å². The van der Waals surface area contributed by atoms with Gasteiger partial charge in [-0.2, -0.15) is 5.26 Å². The maximum atomic E-state index is 9.56. The second-order valence-electron chi connectivity index (χ2n) is 6.52. The number of nitrogens with zero attached hydrogens (tertiary/aromatic N) is 1. The highest BCUT2D eigenvalue weighted by Gasteiger charge is 2.43. The van der Waals surface area contributed by atoms with Gasteiger partial charge in [0.2, 0.25) is 0 Å². The largest absolute Gasteiger partial charge is 0.198 e. The molecule has 1 aliphatic carbocycles. The van der Waals surface area contributed by atoms with Crippen molar-refractivity contribution in [3.63, 3.8) is 0 Å². The third kappa shape index (κ3) is 5.17. The summed E-state index contributed by atoms with van der Waals surface area (Å²) in [6.07, 6.45) is 17.0. The molecular weight excluding hydrogens is 230 g/mol. The van der Waals surface area contributed by atoms with Gasteiger partial charge < -0.3 is 0 Å². The van der Waals surface area contributed by atoms with Crippen LogP contribution < -0.4 is 0 Å². The Kier molecular flexibility index (Phi) is 8.19. The van der Waals surface area contributed by atoms with E-state index in [9.17, 15) is 5.26 Å². The zero-order valence-corrected chi connectivity index (χ0v) is 13.2. The van der Waals surface area contributed by atoms with Crippen LogP contribution in [-0.2, 0) is 0 Å². The average Bonchev–Trinajstić information content (AvgIpc) is 2.38. The number of hydrogen-bond acceptors (Lipinski definition) is 1. The van der Waals surface area contributed by atoms with Crippen LogP contribution in [0.25, 0.3) is 0 Å². The zero-order valence-electron chi connectivity index (χ0n) is 13.2. The maximum absolute atomic E-state index is 9.56. The molecular formula is C18H33N. The van der Waals surface area contributed by atoms with Gasteiger partial charge in [-0.05, 0) is 31.6 Å². The number of rotatable bonds is 11. The van der Waals surface area contributed by atoms with Gasteiger partial charge in [0.25, 0.3) is 0 Å². The van der Waals surface area contributed by atoms with Crippen molar-refractivity contribution in [2.24, 2.45) is 11.3 Å². The molecule has 0 aromatic carbocycles. The Bertz CT molecular complexity index is 247. The molecule has 0 saturated heterocycles. The van der Waals surface area contributed by atoms with Crippen molar-refractivity contribution in [2.45, 2.75) is 97.3 Å². The van der Waals surface area contributed by atoms with Gasteiger partial charge in [0, 0.05) is 0 Å². The van der Waals surface area contributed by atoms with Crippen LogP contribution in [0, 0.1) is 22.7 Å². The van der Waals surface area contributed by atoms with E-state index >= 15 is 0 Å². The monoisotopic (exact) mass is 263 g/mol. The molecule has 0 heterocycles. The minimum Gasteiger partial charge on any atom is -0.198 e. The standard InChI is InChI=1S/C18H33N/c1-3-5-7-9-12-17(13-10-8-6-4-2)18(16-19)14-11-15-18/h17H,3-15H2,1-2H3. The maximum Gasteiger partial charge on any atom is 0.0692 e. The van der Waals surface area contributed by atoms with Crippen molar-refractivity contribution in [1.29, 1.82) is 5.26 Å². The highest BCUT2D eigenvalue weighted by molar-refractivity contribution is 5.08. The Labute approximate surface area is 120 Å². The molecule has 0 N–H and O–H groups in total. The zero-order chi connectivity index (χ0) is 14.0. The van der Waals surface area contributed by atoms with Gasteiger partial charge in [0.1, 0.15) is 0 Å². The van der Waals surface area contributed by atoms with Crippen molar-refractivity contribution in [3.05, 3.63) is 0 Å². The fourth-order valence-electron chi connectivity index (χ4n) is 3.50. The number of nitriles is 1. The first-order valence-electron chi connectivity index (χ1n) is 8.70. The van der Waals surface area contributed by atoms with Crippen LogP contribution in [0.1, 0.15) is 97.3 Å². The summed E-state index contributed by atoms with van der Waals surface area (Å²) < 4.78 is 0. The van der Waals surface area contributed by atoms with Crippen molar-refractivity contribution >= 4 is 0 Å². The van der Waals surface area contributed by atoms with Gasteiger partial charge in [-0.1, -0.05) is 71.6 Å². The summed E-state index contributed by atoms with van der Waals surface area (Å²) in [5.41, 5.74) is 0.0818. The molecule has 0 aliphatic heterocycles. The van der Waals surface area contributed by atoms with Crippen molar-refractivity contribution in [2.75, 3.05) is 0 Å². The van der Waals surface area contributed by atoms with E-state index in [4.69, 9.17) is 0 Å². The molecule has 0 unspecified atom stereocenters. The molecule has 0 aromatic heterocycles. The molecule has 0 atom stereocenters. The van der Waals surface area contributed by atoms with E-state index in [0.717, 1.165) is 0 Å². The van der Waals surface area contributed by atoms with Crippen molar-refractivity contribution in [3.8, 4) is 6.07 Å². The van der Waals surface area contributed by atoms with Crippen LogP contribution in [0.4, 0.5) is 0 Å². The summed E-state index contributed by atoms with van der Waals surface area (Å²) in [7, 11) is 0. The summed E-state index contributed by atoms with van der Waals surface area (Å²) in [6.45, 7) is 4.54. The molecule has 1 aliphatic rings. The highest BCUT2D eigenvalue weighted by Crippen LogP contribution is 2.50. The van der Waals surface area contributed by atoms with Crippen LogP contribution in [0.5, 0.6) is 0 Å². The quantitative estimate of drug-likeness (QED) is 0.405. The molecule has 19 heavy (non-hydrogen) atoms. The van der Waals surface area contributed by atoms with E-state index in [0.29, 0.717) is 5.92 Å². The second kappa shape index (κ2) is 9.40. The predicted octanol–water partition coefficient (Wildman–Crippen LogP) is 6.24. The van der Waals surface area contributed by atoms with Gasteiger partial charge in [-0.25, -0.2) is 0 Å². The Balaban J connectivity index is 2.36. The molecule has 0 bridgehead atoms. The molecule has 110 valence electrons. The lowest BCUT2D eigenvalue weighted by molar-refractivity contribution is 0.0979. The van der Waals surface area contributed by atoms with Crippen LogP contribution in [-0.4, -0.2) is 0 Å². The first-order chi connectivity index (χ1) is 9.29. The van der Waals surface area contributed by atoms with Crippen LogP contribution >= 0.6 is 0 Å². The molecule has 0 radical (unpaired) electrons. The van der Waals surface area contributed by atoms with E-state index in [1.807, 2.05) is 0 Å². The average molecular weight is 263 g/mol. The van der Waals surface area contributed by atoms with Gasteiger partial charge in [0.15, 0.2) is 0 Å². The molecule has 1 saturated carbocycles. The van der Waals surface area contributed by atoms with Crippen LogP contribution in [0.3, 0.4) is 0 Å². The molecule has 1 rings (SSSR count). The summed E-state index contributed by atoms with van der Waals surface area (Å²) >= 11 is 0. The van der Waals surface area contributed by atoms with Crippen LogP contribution in [0.15, 0.2) is 0 Å². The Hall–Kier alpha value is -0.510. The van der Waals surface area contributed by atoms with E-state index in [2.05, 4.69) is 19.9 Å². The fraction of sp³-hybridized carbons (Fsp3) is 0.944. The lowest BCUT2D eigenvalue weighted by atomic mass is 9.59. The van der Waals surface area contributed by atoms with Crippen molar-refractivity contribution in [1.82, 2.24) is 0 Å². The lowest BCUT2D eigenvalue weighted by Crippen LogP contribution is -2.36.